The minimum Gasteiger partial charge on any atom is -0.344 e. The topological polar surface area (TPSA) is 70.0 Å². The zero-order valence-electron chi connectivity index (χ0n) is 3.54. The molecule has 2 nitrogen and oxygen atoms in total. The van der Waals surface area contributed by atoms with Crippen molar-refractivity contribution in [3.63, 3.8) is 0 Å². The Hall–Kier alpha value is 0.582. The summed E-state index contributed by atoms with van der Waals surface area (Å²) >= 11 is 0. The molecular weight excluding hydrogens is 164 g/mol. The van der Waals surface area contributed by atoms with Crippen LogP contribution >= 0.6 is 0 Å². The second-order valence-electron chi connectivity index (χ2n) is 0. The standard InChI is InChI=1S/C2H4.Cd.2H3N/c1-2;;;/h1-2H2;;2*1H3. The van der Waals surface area contributed by atoms with E-state index in [9.17, 15) is 0 Å². The molecule has 0 heterocycles. The van der Waals surface area contributed by atoms with Crippen molar-refractivity contribution >= 4 is 0 Å². The van der Waals surface area contributed by atoms with Crippen LogP contribution in [0.25, 0.3) is 0 Å². The van der Waals surface area contributed by atoms with Gasteiger partial charge in [0.05, 0.1) is 0 Å². The van der Waals surface area contributed by atoms with E-state index in [1.807, 2.05) is 0 Å². The molecule has 30 valence electrons. The van der Waals surface area contributed by atoms with Gasteiger partial charge in [-0.1, -0.05) is 0 Å². The molecule has 0 atom stereocenters. The number of rotatable bonds is 0. The second-order valence-corrected chi connectivity index (χ2v) is 0. The Kier molecular flexibility index (Phi) is 1630. The zero-order chi connectivity index (χ0) is 2.00. The molecule has 0 aromatic carbocycles. The van der Waals surface area contributed by atoms with Crippen LogP contribution in [-0.2, 0) is 27.3 Å². The molecule has 0 aliphatic rings. The average Bonchev–Trinajstić information content (AvgIpc) is 1.00. The van der Waals surface area contributed by atoms with Crippen molar-refractivity contribution in [3.05, 3.63) is 13.2 Å². The first-order chi connectivity index (χ1) is 1.00. The summed E-state index contributed by atoms with van der Waals surface area (Å²) in [4.78, 5) is 0. The van der Waals surface area contributed by atoms with Gasteiger partial charge in [-0.15, -0.1) is 13.2 Å². The van der Waals surface area contributed by atoms with Crippen LogP contribution in [0.4, 0.5) is 0 Å². The predicted molar refractivity (Wildman–Crippen MR) is 21.3 cm³/mol. The summed E-state index contributed by atoms with van der Waals surface area (Å²) in [6, 6.07) is 0. The minimum absolute atomic E-state index is 0. The molecular formula is C2H10CdN2. The van der Waals surface area contributed by atoms with E-state index >= 15 is 0 Å². The van der Waals surface area contributed by atoms with Gasteiger partial charge in [-0.05, 0) is 0 Å². The Balaban J connectivity index is -0.00000000167. The maximum absolute atomic E-state index is 3.00. The van der Waals surface area contributed by atoms with Gasteiger partial charge >= 0.3 is 0 Å². The van der Waals surface area contributed by atoms with Crippen LogP contribution in [0.3, 0.4) is 0 Å². The van der Waals surface area contributed by atoms with Gasteiger partial charge in [-0.2, -0.15) is 0 Å². The first-order valence-corrected chi connectivity index (χ1v) is 0.500. The summed E-state index contributed by atoms with van der Waals surface area (Å²) in [6.45, 7) is 6.00. The maximum atomic E-state index is 3.00. The molecule has 0 bridgehead atoms. The molecule has 0 rings (SSSR count). The van der Waals surface area contributed by atoms with Gasteiger partial charge in [0.25, 0.3) is 0 Å². The summed E-state index contributed by atoms with van der Waals surface area (Å²) < 4.78 is 0. The van der Waals surface area contributed by atoms with E-state index in [1.54, 1.807) is 0 Å². The van der Waals surface area contributed by atoms with E-state index in [0.29, 0.717) is 0 Å². The molecule has 0 saturated heterocycles. The molecule has 3 heteroatoms. The molecule has 0 saturated carbocycles. The largest absolute Gasteiger partial charge is 0.344 e. The van der Waals surface area contributed by atoms with Crippen LogP contribution < -0.4 is 12.3 Å². The van der Waals surface area contributed by atoms with Gasteiger partial charge in [-0.25, -0.2) is 0 Å². The van der Waals surface area contributed by atoms with Crippen LogP contribution in [0.5, 0.6) is 0 Å². The van der Waals surface area contributed by atoms with Gasteiger partial charge < -0.3 is 12.3 Å². The van der Waals surface area contributed by atoms with Gasteiger partial charge in [0.2, 0.25) is 0 Å². The summed E-state index contributed by atoms with van der Waals surface area (Å²) in [7, 11) is 0. The maximum Gasteiger partial charge on any atom is 0 e. The Labute approximate surface area is 53.0 Å². The average molecular weight is 175 g/mol. The van der Waals surface area contributed by atoms with E-state index in [0.717, 1.165) is 0 Å². The fourth-order valence-electron chi connectivity index (χ4n) is 0. The third-order valence-electron chi connectivity index (χ3n) is 0. The van der Waals surface area contributed by atoms with Crippen LogP contribution in [-0.4, -0.2) is 0 Å². The molecule has 0 aromatic rings. The van der Waals surface area contributed by atoms with E-state index in [1.165, 1.54) is 0 Å². The summed E-state index contributed by atoms with van der Waals surface area (Å²) in [5.74, 6) is 0. The van der Waals surface area contributed by atoms with E-state index in [4.69, 9.17) is 0 Å². The van der Waals surface area contributed by atoms with Crippen molar-refractivity contribution < 1.29 is 27.3 Å². The molecule has 0 fully saturated rings. The smallest absolute Gasteiger partial charge is 0 e. The quantitative estimate of drug-likeness (QED) is 0.427. The summed E-state index contributed by atoms with van der Waals surface area (Å²) in [5.41, 5.74) is 0. The first kappa shape index (κ1) is 46.8. The van der Waals surface area contributed by atoms with Gasteiger partial charge in [0.15, 0.2) is 0 Å². The number of hydrogen-bond donors (Lipinski definition) is 2. The monoisotopic (exact) mass is 176 g/mol. The van der Waals surface area contributed by atoms with Crippen molar-refractivity contribution in [1.29, 1.82) is 0 Å². The van der Waals surface area contributed by atoms with Crippen molar-refractivity contribution in [2.45, 2.75) is 0 Å². The Morgan fingerprint density at radius 3 is 0.800 bits per heavy atom. The molecule has 0 aromatic heterocycles. The van der Waals surface area contributed by atoms with Crippen LogP contribution in [0, 0.1) is 0 Å². The molecule has 0 aliphatic carbocycles. The summed E-state index contributed by atoms with van der Waals surface area (Å²) in [5, 5.41) is 0. The van der Waals surface area contributed by atoms with Crippen molar-refractivity contribution in [2.75, 3.05) is 0 Å². The Morgan fingerprint density at radius 1 is 0.800 bits per heavy atom. The molecule has 0 unspecified atom stereocenters. The number of hydrogen-bond acceptors (Lipinski definition) is 2. The molecule has 0 spiro atoms. The van der Waals surface area contributed by atoms with Crippen LogP contribution in [0.15, 0.2) is 13.2 Å². The van der Waals surface area contributed by atoms with Crippen LogP contribution in [0.1, 0.15) is 0 Å². The Bertz CT molecular complexity index is 7.61. The third kappa shape index (κ3) is 90.2. The van der Waals surface area contributed by atoms with Crippen molar-refractivity contribution in [2.24, 2.45) is 0 Å². The molecule has 0 aliphatic heterocycles. The van der Waals surface area contributed by atoms with Gasteiger partial charge in [-0.3, -0.25) is 0 Å². The fourth-order valence-corrected chi connectivity index (χ4v) is 0. The second kappa shape index (κ2) is 174. The normalized spacial score (nSPS) is 0.800. The minimum atomic E-state index is 0. The zero-order valence-corrected chi connectivity index (χ0v) is 7.57. The summed E-state index contributed by atoms with van der Waals surface area (Å²) in [6.07, 6.45) is 0. The van der Waals surface area contributed by atoms with Crippen LogP contribution in [0.2, 0.25) is 0 Å². The molecule has 6 N–H and O–H groups in total. The van der Waals surface area contributed by atoms with Crippen molar-refractivity contribution in [1.82, 2.24) is 12.3 Å². The SMILES string of the molecule is C=C.N.N.[Cd]. The predicted octanol–water partition coefficient (Wildman–Crippen LogP) is 1.12. The van der Waals surface area contributed by atoms with Gasteiger partial charge in [0.1, 0.15) is 0 Å². The third-order valence-corrected chi connectivity index (χ3v) is 0. The van der Waals surface area contributed by atoms with E-state index in [-0.39, 0.29) is 39.6 Å². The molecule has 0 radical (unpaired) electrons. The molecule has 5 heavy (non-hydrogen) atoms. The van der Waals surface area contributed by atoms with Crippen molar-refractivity contribution in [3.8, 4) is 0 Å². The van der Waals surface area contributed by atoms with E-state index in [2.05, 4.69) is 13.2 Å². The van der Waals surface area contributed by atoms with E-state index < -0.39 is 0 Å². The fraction of sp³-hybridized carbons (Fsp3) is 0. The van der Waals surface area contributed by atoms with Gasteiger partial charge in [0, 0.05) is 27.3 Å². The molecule has 0 amide bonds. The first-order valence-electron chi connectivity index (χ1n) is 0.500. The Morgan fingerprint density at radius 2 is 0.800 bits per heavy atom.